The first-order valence-corrected chi connectivity index (χ1v) is 2.13. The molecule has 1 rings (SSSR count). The molecule has 0 aliphatic heterocycles. The van der Waals surface area contributed by atoms with Crippen molar-refractivity contribution in [2.24, 2.45) is 4.47 Å². The fourth-order valence-corrected chi connectivity index (χ4v) is 0.406. The molecule has 0 N–H and O–H groups in total. The Kier molecular flexibility index (Phi) is 1.12. The summed E-state index contributed by atoms with van der Waals surface area (Å²) in [6, 6.07) is 1.76. The number of hydrogen-bond donors (Lipinski definition) is 0. The zero-order valence-corrected chi connectivity index (χ0v) is 4.30. The lowest BCUT2D eigenvalue weighted by atomic mass is 10.8. The van der Waals surface area contributed by atoms with Gasteiger partial charge in [-0.3, -0.25) is 0 Å². The van der Waals surface area contributed by atoms with Crippen LogP contribution < -0.4 is 0 Å². The van der Waals surface area contributed by atoms with Crippen molar-refractivity contribution in [2.75, 3.05) is 0 Å². The minimum absolute atomic E-state index is 1.31. The zero-order valence-electron chi connectivity index (χ0n) is 3.48. The van der Waals surface area contributed by atoms with Crippen LogP contribution in [-0.2, 0) is 12.4 Å². The second kappa shape index (κ2) is 1.79. The third kappa shape index (κ3) is 0.806. The Morgan fingerprint density at radius 3 is 2.86 bits per heavy atom. The predicted molar refractivity (Wildman–Crippen MR) is 27.4 cm³/mol. The zero-order chi connectivity index (χ0) is 5.11. The van der Waals surface area contributed by atoms with Gasteiger partial charge in [0.05, 0.1) is 24.8 Å². The molecule has 0 aliphatic rings. The molecule has 0 saturated carbocycles. The number of nitrogens with zero attached hydrogens (tertiary/aromatic N) is 3. The molecule has 0 unspecified atom stereocenters. The summed E-state index contributed by atoms with van der Waals surface area (Å²) in [6.45, 7) is 0. The van der Waals surface area contributed by atoms with Gasteiger partial charge in [-0.2, -0.15) is 5.10 Å². The highest BCUT2D eigenvalue weighted by atomic mass is 32.1. The van der Waals surface area contributed by atoms with Gasteiger partial charge in [0.15, 0.2) is 0 Å². The van der Waals surface area contributed by atoms with Crippen molar-refractivity contribution in [3.63, 3.8) is 0 Å². The average molecular weight is 113 g/mol. The number of aromatic nitrogens is 2. The van der Waals surface area contributed by atoms with Crippen LogP contribution in [0.5, 0.6) is 0 Å². The summed E-state index contributed by atoms with van der Waals surface area (Å²) in [5.41, 5.74) is 0. The Morgan fingerprint density at radius 2 is 2.57 bits per heavy atom. The van der Waals surface area contributed by atoms with Gasteiger partial charge in [0, 0.05) is 0 Å². The first-order valence-electron chi connectivity index (χ1n) is 1.77. The van der Waals surface area contributed by atoms with E-state index < -0.39 is 0 Å². The number of hydrogen-bond acceptors (Lipinski definition) is 3. The molecule has 1 aromatic heterocycles. The highest BCUT2D eigenvalue weighted by Crippen LogP contribution is 1.78. The Hall–Kier alpha value is -0.770. The molecule has 0 fully saturated rings. The second-order valence-electron chi connectivity index (χ2n) is 1.01. The monoisotopic (exact) mass is 113 g/mol. The van der Waals surface area contributed by atoms with Crippen LogP contribution in [0.1, 0.15) is 0 Å². The lowest BCUT2D eigenvalue weighted by molar-refractivity contribution is 0.756. The number of rotatable bonds is 1. The Morgan fingerprint density at radius 1 is 1.71 bits per heavy atom. The summed E-state index contributed by atoms with van der Waals surface area (Å²) in [6.07, 6.45) is 3.29. The Labute approximate surface area is 46.1 Å². The largest absolute Gasteiger partial charge is 0.158 e. The summed E-state index contributed by atoms with van der Waals surface area (Å²) < 4.78 is 3.32. The van der Waals surface area contributed by atoms with Gasteiger partial charge < -0.3 is 0 Å². The van der Waals surface area contributed by atoms with Crippen molar-refractivity contribution >= 4 is 12.4 Å². The molecule has 0 atom stereocenters. The Bertz CT molecular complexity index is 145. The second-order valence-corrected chi connectivity index (χ2v) is 1.17. The molecular formula is C3H3N3S. The van der Waals surface area contributed by atoms with Crippen LogP contribution in [0.15, 0.2) is 22.9 Å². The molecule has 7 heavy (non-hydrogen) atoms. The predicted octanol–water partition coefficient (Wildman–Crippen LogP) is 0.377. The Balaban J connectivity index is 2.96. The molecule has 0 saturated heterocycles. The summed E-state index contributed by atoms with van der Waals surface area (Å²) in [5.74, 6) is 0. The fraction of sp³-hybridized carbons (Fsp3) is 0. The lowest BCUT2D eigenvalue weighted by Gasteiger charge is -1.77. The summed E-state index contributed by atoms with van der Waals surface area (Å²) in [7, 11) is 0. The summed E-state index contributed by atoms with van der Waals surface area (Å²) >= 11 is 4.30. The molecule has 1 aromatic rings. The van der Waals surface area contributed by atoms with Crippen LogP contribution in [0.3, 0.4) is 0 Å². The standard InChI is InChI=1S/C3H3N3S/c7-5-6-3-1-2-4-6/h1-3H. The van der Waals surface area contributed by atoms with Crippen LogP contribution in [0.2, 0.25) is 0 Å². The molecule has 0 bridgehead atoms. The highest BCUT2D eigenvalue weighted by Gasteiger charge is 1.75. The van der Waals surface area contributed by atoms with Crippen LogP contribution in [0.4, 0.5) is 0 Å². The third-order valence-corrected chi connectivity index (χ3v) is 0.741. The van der Waals surface area contributed by atoms with E-state index in [1.54, 1.807) is 18.5 Å². The van der Waals surface area contributed by atoms with E-state index in [1.807, 2.05) is 0 Å². The van der Waals surface area contributed by atoms with E-state index in [9.17, 15) is 0 Å². The van der Waals surface area contributed by atoms with E-state index in [1.165, 1.54) is 4.79 Å². The normalized spacial score (nSPS) is 8.57. The molecule has 0 aromatic carbocycles. The molecule has 1 heterocycles. The average Bonchev–Trinajstić information content (AvgIpc) is 2.14. The SMILES string of the molecule is S=Nn1cccn1. The van der Waals surface area contributed by atoms with E-state index in [2.05, 4.69) is 22.0 Å². The van der Waals surface area contributed by atoms with Crippen molar-refractivity contribution in [3.05, 3.63) is 18.5 Å². The van der Waals surface area contributed by atoms with Crippen molar-refractivity contribution in [3.8, 4) is 0 Å². The molecule has 0 aliphatic carbocycles. The topological polar surface area (TPSA) is 30.2 Å². The van der Waals surface area contributed by atoms with E-state index in [0.29, 0.717) is 0 Å². The van der Waals surface area contributed by atoms with E-state index >= 15 is 0 Å². The quantitative estimate of drug-likeness (QED) is 0.527. The van der Waals surface area contributed by atoms with Gasteiger partial charge in [-0.1, -0.05) is 4.47 Å². The van der Waals surface area contributed by atoms with Crippen LogP contribution in [-0.4, -0.2) is 9.89 Å². The molecule has 0 spiro atoms. The summed E-state index contributed by atoms with van der Waals surface area (Å²) in [4.78, 5) is 1.31. The molecule has 36 valence electrons. The van der Waals surface area contributed by atoms with Crippen LogP contribution >= 0.6 is 0 Å². The first kappa shape index (κ1) is 4.39. The van der Waals surface area contributed by atoms with Crippen molar-refractivity contribution in [2.45, 2.75) is 0 Å². The highest BCUT2D eigenvalue weighted by molar-refractivity contribution is 7.47. The molecule has 3 nitrogen and oxygen atoms in total. The summed E-state index contributed by atoms with van der Waals surface area (Å²) in [5, 5.41) is 3.68. The van der Waals surface area contributed by atoms with E-state index in [4.69, 9.17) is 0 Å². The molecule has 0 radical (unpaired) electrons. The maximum absolute atomic E-state index is 4.30. The van der Waals surface area contributed by atoms with Gasteiger partial charge >= 0.3 is 0 Å². The van der Waals surface area contributed by atoms with Crippen LogP contribution in [0.25, 0.3) is 0 Å². The minimum atomic E-state index is 1.31. The van der Waals surface area contributed by atoms with Crippen molar-refractivity contribution in [1.82, 2.24) is 9.89 Å². The van der Waals surface area contributed by atoms with Gasteiger partial charge in [-0.15, -0.1) is 4.79 Å². The first-order chi connectivity index (χ1) is 3.43. The van der Waals surface area contributed by atoms with Crippen molar-refractivity contribution in [1.29, 1.82) is 0 Å². The maximum Gasteiger partial charge on any atom is 0.0653 e. The van der Waals surface area contributed by atoms with Gasteiger partial charge in [0.1, 0.15) is 0 Å². The van der Waals surface area contributed by atoms with Gasteiger partial charge in [-0.25, -0.2) is 0 Å². The fourth-order valence-electron chi connectivity index (χ4n) is 0.309. The smallest absolute Gasteiger partial charge is 0.0653 e. The van der Waals surface area contributed by atoms with Crippen LogP contribution in [0, 0.1) is 0 Å². The van der Waals surface area contributed by atoms with E-state index in [0.717, 1.165) is 0 Å². The molecule has 4 heteroatoms. The van der Waals surface area contributed by atoms with Gasteiger partial charge in [0.2, 0.25) is 0 Å². The molecule has 0 amide bonds. The van der Waals surface area contributed by atoms with Gasteiger partial charge in [-0.05, 0) is 6.07 Å². The lowest BCUT2D eigenvalue weighted by Crippen LogP contribution is -1.82. The van der Waals surface area contributed by atoms with Gasteiger partial charge in [0.25, 0.3) is 0 Å². The third-order valence-electron chi connectivity index (χ3n) is 0.574. The van der Waals surface area contributed by atoms with Crippen molar-refractivity contribution < 1.29 is 0 Å². The molecular weight excluding hydrogens is 110 g/mol. The van der Waals surface area contributed by atoms with E-state index in [-0.39, 0.29) is 0 Å². The minimum Gasteiger partial charge on any atom is -0.158 e. The maximum atomic E-state index is 4.30.